The molecule has 0 spiro atoms. The molecule has 0 saturated carbocycles. The normalized spacial score (nSPS) is 16.8. The molecule has 1 fully saturated rings. The molecule has 3 heterocycles. The Kier molecular flexibility index (Phi) is 9.41. The number of benzene rings is 1. The van der Waals surface area contributed by atoms with Crippen LogP contribution in [0.15, 0.2) is 34.9 Å². The Balaban J connectivity index is 1.50. The van der Waals surface area contributed by atoms with Gasteiger partial charge in [-0.25, -0.2) is 9.78 Å². The fraction of sp³-hybridized carbons (Fsp3) is 0.533. The predicted octanol–water partition coefficient (Wildman–Crippen LogP) is 3.03. The zero-order valence-corrected chi connectivity index (χ0v) is 25.6. The van der Waals surface area contributed by atoms with Crippen molar-refractivity contribution in [2.24, 2.45) is 11.8 Å². The van der Waals surface area contributed by atoms with E-state index in [9.17, 15) is 19.2 Å². The lowest BCUT2D eigenvalue weighted by Crippen LogP contribution is -2.57. The Bertz CT molecular complexity index is 1500. The summed E-state index contributed by atoms with van der Waals surface area (Å²) in [7, 11) is 1.22. The summed E-state index contributed by atoms with van der Waals surface area (Å²) in [5.41, 5.74) is 1.21. The molecule has 230 valence electrons. The molecule has 0 radical (unpaired) electrons. The Labute approximate surface area is 250 Å². The van der Waals surface area contributed by atoms with Crippen LogP contribution in [0.1, 0.15) is 76.7 Å². The second kappa shape index (κ2) is 12.8. The first-order valence-corrected chi connectivity index (χ1v) is 14.4. The number of para-hydroxylation sites is 2. The Morgan fingerprint density at radius 1 is 1.00 bits per heavy atom. The molecule has 0 bridgehead atoms. The molecule has 13 nitrogen and oxygen atoms in total. The Morgan fingerprint density at radius 2 is 1.67 bits per heavy atom. The van der Waals surface area contributed by atoms with Gasteiger partial charge in [-0.1, -0.05) is 39.8 Å². The summed E-state index contributed by atoms with van der Waals surface area (Å²) < 4.78 is 10.5. The maximum Gasteiger partial charge on any atom is 0.407 e. The number of rotatable bonds is 10. The number of ether oxygens (including phenoxy) is 1. The van der Waals surface area contributed by atoms with Crippen molar-refractivity contribution in [2.45, 2.75) is 77.9 Å². The van der Waals surface area contributed by atoms with Gasteiger partial charge in [0.05, 0.1) is 41.5 Å². The second-order valence-corrected chi connectivity index (χ2v) is 11.9. The number of ketones is 1. The van der Waals surface area contributed by atoms with Gasteiger partial charge in [0.1, 0.15) is 12.1 Å². The van der Waals surface area contributed by atoms with E-state index in [1.165, 1.54) is 12.0 Å². The van der Waals surface area contributed by atoms with Crippen molar-refractivity contribution in [3.63, 3.8) is 0 Å². The van der Waals surface area contributed by atoms with Crippen LogP contribution in [0, 0.1) is 11.8 Å². The smallest absolute Gasteiger partial charge is 0.407 e. The number of Topliss-reactive ketones (excluding diaryl/α,β-unsaturated/α-hetero) is 1. The van der Waals surface area contributed by atoms with Crippen molar-refractivity contribution in [2.75, 3.05) is 13.7 Å². The van der Waals surface area contributed by atoms with Crippen LogP contribution >= 0.6 is 0 Å². The third-order valence-electron chi connectivity index (χ3n) is 7.74. The molecule has 1 aliphatic rings. The van der Waals surface area contributed by atoms with E-state index in [0.717, 1.165) is 5.52 Å². The van der Waals surface area contributed by atoms with Gasteiger partial charge in [-0.05, 0) is 50.7 Å². The van der Waals surface area contributed by atoms with Crippen LogP contribution in [-0.4, -0.2) is 80.5 Å². The van der Waals surface area contributed by atoms with E-state index in [4.69, 9.17) is 9.40 Å². The third kappa shape index (κ3) is 6.65. The number of alkyl carbamates (subject to hydrolysis) is 1. The summed E-state index contributed by atoms with van der Waals surface area (Å²) in [6, 6.07) is 4.84. The van der Waals surface area contributed by atoms with Crippen molar-refractivity contribution >= 4 is 34.7 Å². The summed E-state index contributed by atoms with van der Waals surface area (Å²) in [5, 5.41) is 13.5. The van der Waals surface area contributed by atoms with Gasteiger partial charge in [0.25, 0.3) is 5.89 Å². The Hall–Kier alpha value is -4.42. The monoisotopic (exact) mass is 593 g/mol. The maximum absolute atomic E-state index is 13.6. The summed E-state index contributed by atoms with van der Waals surface area (Å²) in [4.78, 5) is 62.9. The molecule has 3 atom stereocenters. The summed E-state index contributed by atoms with van der Waals surface area (Å²) in [6.45, 7) is 11.2. The topological polar surface area (TPSA) is 170 Å². The lowest BCUT2D eigenvalue weighted by molar-refractivity contribution is -0.141. The van der Waals surface area contributed by atoms with Crippen molar-refractivity contribution in [3.8, 4) is 0 Å². The minimum absolute atomic E-state index is 0.180. The van der Waals surface area contributed by atoms with Gasteiger partial charge >= 0.3 is 6.09 Å². The number of aromatic nitrogens is 4. The van der Waals surface area contributed by atoms with E-state index >= 15 is 0 Å². The molecular formula is C30H39N7O6. The molecule has 0 unspecified atom stereocenters. The van der Waals surface area contributed by atoms with E-state index in [1.807, 2.05) is 38.1 Å². The van der Waals surface area contributed by atoms with Crippen molar-refractivity contribution in [1.82, 2.24) is 35.7 Å². The zero-order valence-electron chi connectivity index (χ0n) is 25.6. The summed E-state index contributed by atoms with van der Waals surface area (Å²) >= 11 is 0. The van der Waals surface area contributed by atoms with E-state index in [-0.39, 0.29) is 29.5 Å². The standard InChI is InChI=1S/C30H39N7O6/c1-16(2)22(33-25(39)20-13-10-14-37(20)27(40)23(17(3)4)34-29(41)42-7)24(38)26-35-36-28(43-26)30(5,6)21-15-31-18-11-8-9-12-19(18)32-21/h8-9,11-12,15-17,20,22-23H,10,13-14H2,1-7H3,(H,33,39)(H,34,41)/t20-,22-,23-/m0/s1. The molecule has 1 saturated heterocycles. The van der Waals surface area contributed by atoms with Crippen LogP contribution in [-0.2, 0) is 19.7 Å². The molecule has 2 N–H and O–H groups in total. The van der Waals surface area contributed by atoms with Crippen LogP contribution in [0.4, 0.5) is 4.79 Å². The van der Waals surface area contributed by atoms with Crippen LogP contribution in [0.3, 0.4) is 0 Å². The molecule has 2 aromatic heterocycles. The second-order valence-electron chi connectivity index (χ2n) is 11.9. The molecular weight excluding hydrogens is 554 g/mol. The van der Waals surface area contributed by atoms with E-state index in [2.05, 4.69) is 30.6 Å². The first-order valence-electron chi connectivity index (χ1n) is 14.4. The highest BCUT2D eigenvalue weighted by molar-refractivity contribution is 6.00. The molecule has 4 rings (SSSR count). The minimum Gasteiger partial charge on any atom is -0.453 e. The average Bonchev–Trinajstić information content (AvgIpc) is 3.68. The van der Waals surface area contributed by atoms with E-state index in [0.29, 0.717) is 30.6 Å². The van der Waals surface area contributed by atoms with Gasteiger partial charge in [-0.15, -0.1) is 10.2 Å². The van der Waals surface area contributed by atoms with Gasteiger partial charge in [0, 0.05) is 6.54 Å². The maximum atomic E-state index is 13.6. The fourth-order valence-electron chi connectivity index (χ4n) is 5.04. The zero-order chi connectivity index (χ0) is 31.5. The van der Waals surface area contributed by atoms with Crippen LogP contribution in [0.5, 0.6) is 0 Å². The predicted molar refractivity (Wildman–Crippen MR) is 156 cm³/mol. The van der Waals surface area contributed by atoms with Crippen LogP contribution in [0.2, 0.25) is 0 Å². The molecule has 43 heavy (non-hydrogen) atoms. The van der Waals surface area contributed by atoms with Crippen LogP contribution in [0.25, 0.3) is 11.0 Å². The lowest BCUT2D eigenvalue weighted by atomic mass is 9.89. The first-order chi connectivity index (χ1) is 20.3. The van der Waals surface area contributed by atoms with Crippen LogP contribution < -0.4 is 10.6 Å². The van der Waals surface area contributed by atoms with Gasteiger partial charge in [0.2, 0.25) is 23.5 Å². The number of hydrogen-bond donors (Lipinski definition) is 2. The number of methoxy groups -OCH3 is 1. The minimum atomic E-state index is -0.976. The number of nitrogens with one attached hydrogen (secondary N) is 2. The van der Waals surface area contributed by atoms with Gasteiger partial charge in [0.15, 0.2) is 0 Å². The molecule has 1 aromatic carbocycles. The molecule has 3 aromatic rings. The Morgan fingerprint density at radius 3 is 2.33 bits per heavy atom. The number of likely N-dealkylation sites (tertiary alicyclic amines) is 1. The number of amides is 3. The highest BCUT2D eigenvalue weighted by atomic mass is 16.5. The highest BCUT2D eigenvalue weighted by Crippen LogP contribution is 2.30. The first kappa shape index (κ1) is 31.5. The van der Waals surface area contributed by atoms with Crippen molar-refractivity contribution in [1.29, 1.82) is 0 Å². The molecule has 0 aliphatic carbocycles. The molecule has 1 aliphatic heterocycles. The van der Waals surface area contributed by atoms with Crippen molar-refractivity contribution < 1.29 is 28.3 Å². The van der Waals surface area contributed by atoms with E-state index in [1.54, 1.807) is 33.9 Å². The number of hydrogen-bond acceptors (Lipinski definition) is 10. The van der Waals surface area contributed by atoms with Gasteiger partial charge < -0.3 is 24.7 Å². The quantitative estimate of drug-likeness (QED) is 0.333. The fourth-order valence-corrected chi connectivity index (χ4v) is 5.04. The average molecular weight is 594 g/mol. The number of nitrogens with zero attached hydrogens (tertiary/aromatic N) is 5. The third-order valence-corrected chi connectivity index (χ3v) is 7.74. The summed E-state index contributed by atoms with van der Waals surface area (Å²) in [6.07, 6.45) is 1.94. The number of fused-ring (bicyclic) bond motifs is 1. The molecule has 3 amide bonds. The SMILES string of the molecule is COC(=O)N[C@H](C(=O)N1CCC[C@H]1C(=O)N[C@H](C(=O)c1nnc(C(C)(C)c2cnc3ccccc3n2)o1)C(C)C)C(C)C. The lowest BCUT2D eigenvalue weighted by Gasteiger charge is -2.31. The summed E-state index contributed by atoms with van der Waals surface area (Å²) in [5.74, 6) is -2.00. The van der Waals surface area contributed by atoms with Gasteiger partial charge in [-0.2, -0.15) is 0 Å². The largest absolute Gasteiger partial charge is 0.453 e. The van der Waals surface area contributed by atoms with Crippen molar-refractivity contribution in [3.05, 3.63) is 47.9 Å². The number of carbonyl (C=O) groups is 4. The van der Waals surface area contributed by atoms with Gasteiger partial charge in [-0.3, -0.25) is 19.4 Å². The highest BCUT2D eigenvalue weighted by Gasteiger charge is 2.41. The van der Waals surface area contributed by atoms with E-state index < -0.39 is 41.3 Å². The number of carbonyl (C=O) groups excluding carboxylic acids is 4. The molecule has 13 heteroatoms.